The van der Waals surface area contributed by atoms with E-state index in [1.807, 2.05) is 35.8 Å². The second-order valence-corrected chi connectivity index (χ2v) is 6.99. The summed E-state index contributed by atoms with van der Waals surface area (Å²) >= 11 is 0. The van der Waals surface area contributed by atoms with E-state index < -0.39 is 11.7 Å². The number of halogens is 3. The maximum Gasteiger partial charge on any atom is 0.416 e. The average Bonchev–Trinajstić information content (AvgIpc) is 2.93. The fraction of sp³-hybridized carbons (Fsp3) is 0.273. The highest BCUT2D eigenvalue weighted by Gasteiger charge is 2.32. The number of aromatic nitrogens is 2. The van der Waals surface area contributed by atoms with Crippen LogP contribution >= 0.6 is 0 Å². The van der Waals surface area contributed by atoms with Crippen LogP contribution in [0.4, 0.5) is 19.1 Å². The Morgan fingerprint density at radius 1 is 1.27 bits per heavy atom. The first-order valence-corrected chi connectivity index (χ1v) is 9.68. The van der Waals surface area contributed by atoms with Crippen molar-refractivity contribution in [1.29, 1.82) is 0 Å². The summed E-state index contributed by atoms with van der Waals surface area (Å²) in [7, 11) is 0. The molecular weight excluding hydrogens is 395 g/mol. The first-order valence-electron chi connectivity index (χ1n) is 9.68. The van der Waals surface area contributed by atoms with Crippen LogP contribution in [0, 0.1) is 0 Å². The highest BCUT2D eigenvalue weighted by Crippen LogP contribution is 2.38. The van der Waals surface area contributed by atoms with Crippen LogP contribution < -0.4 is 10.1 Å². The van der Waals surface area contributed by atoms with Crippen molar-refractivity contribution < 1.29 is 22.7 Å². The molecule has 0 bridgehead atoms. The normalized spacial score (nSPS) is 15.5. The molecule has 0 atom stereocenters. The van der Waals surface area contributed by atoms with Gasteiger partial charge in [0.05, 0.1) is 23.2 Å². The Balaban J connectivity index is 1.65. The van der Waals surface area contributed by atoms with Gasteiger partial charge in [-0.2, -0.15) is 13.2 Å². The molecule has 1 aliphatic rings. The molecule has 0 aliphatic carbocycles. The van der Waals surface area contributed by atoms with E-state index in [9.17, 15) is 18.0 Å². The fourth-order valence-corrected chi connectivity index (χ4v) is 3.61. The molecular formula is C22H20F3N3O2. The number of anilines is 1. The van der Waals surface area contributed by atoms with Crippen molar-refractivity contribution >= 4 is 28.5 Å². The van der Waals surface area contributed by atoms with E-state index in [1.165, 1.54) is 12.1 Å². The number of nitrogens with one attached hydrogen (secondary N) is 1. The van der Waals surface area contributed by atoms with Crippen LogP contribution in [0.15, 0.2) is 48.5 Å². The van der Waals surface area contributed by atoms with Gasteiger partial charge in [-0.15, -0.1) is 0 Å². The van der Waals surface area contributed by atoms with Crippen molar-refractivity contribution in [3.63, 3.8) is 0 Å². The zero-order chi connectivity index (χ0) is 21.3. The van der Waals surface area contributed by atoms with Gasteiger partial charge >= 0.3 is 6.18 Å². The summed E-state index contributed by atoms with van der Waals surface area (Å²) in [4.78, 5) is 17.2. The third-order valence-electron chi connectivity index (χ3n) is 5.01. The Hall–Kier alpha value is -3.29. The molecule has 2 aromatic carbocycles. The van der Waals surface area contributed by atoms with Gasteiger partial charge in [-0.1, -0.05) is 18.2 Å². The van der Waals surface area contributed by atoms with Gasteiger partial charge in [0.25, 0.3) is 5.91 Å². The molecule has 0 fully saturated rings. The smallest absolute Gasteiger partial charge is 0.416 e. The topological polar surface area (TPSA) is 56.2 Å². The summed E-state index contributed by atoms with van der Waals surface area (Å²) in [6.07, 6.45) is -1.91. The van der Waals surface area contributed by atoms with Gasteiger partial charge < -0.3 is 9.30 Å². The van der Waals surface area contributed by atoms with Crippen molar-refractivity contribution in [3.8, 4) is 5.75 Å². The predicted octanol–water partition coefficient (Wildman–Crippen LogP) is 5.27. The summed E-state index contributed by atoms with van der Waals surface area (Å²) in [5, 5.41) is 2.80. The lowest BCUT2D eigenvalue weighted by Crippen LogP contribution is -2.13. The number of para-hydroxylation sites is 2. The van der Waals surface area contributed by atoms with Crippen LogP contribution in [-0.2, 0) is 17.5 Å². The first-order chi connectivity index (χ1) is 14.4. The number of carbonyl (C=O) groups is 1. The number of ether oxygens (including phenoxy) is 1. The number of rotatable bonds is 3. The quantitative estimate of drug-likeness (QED) is 0.593. The number of allylic oxidation sites excluding steroid dienone is 1. The number of aryl methyl sites for hydroxylation is 1. The van der Waals surface area contributed by atoms with E-state index in [2.05, 4.69) is 10.3 Å². The van der Waals surface area contributed by atoms with Crippen molar-refractivity contribution in [2.75, 3.05) is 11.9 Å². The average molecular weight is 415 g/mol. The van der Waals surface area contributed by atoms with E-state index in [4.69, 9.17) is 4.74 Å². The fourth-order valence-electron chi connectivity index (χ4n) is 3.61. The van der Waals surface area contributed by atoms with E-state index in [0.29, 0.717) is 43.1 Å². The minimum atomic E-state index is -4.45. The number of fused-ring (bicyclic) bond motifs is 2. The van der Waals surface area contributed by atoms with Crippen LogP contribution in [-0.4, -0.2) is 22.1 Å². The zero-order valence-corrected chi connectivity index (χ0v) is 16.3. The molecule has 4 rings (SSSR count). The lowest BCUT2D eigenvalue weighted by molar-refractivity contribution is -0.137. The maximum atomic E-state index is 13.0. The van der Waals surface area contributed by atoms with Crippen molar-refractivity contribution in [2.45, 2.75) is 32.5 Å². The van der Waals surface area contributed by atoms with E-state index in [-0.39, 0.29) is 11.7 Å². The summed E-state index contributed by atoms with van der Waals surface area (Å²) in [6, 6.07) is 10.9. The third kappa shape index (κ3) is 3.90. The molecule has 0 spiro atoms. The number of imidazole rings is 1. The molecule has 0 radical (unpaired) electrons. The van der Waals surface area contributed by atoms with Gasteiger partial charge in [0.15, 0.2) is 0 Å². The van der Waals surface area contributed by atoms with Gasteiger partial charge in [0, 0.05) is 18.2 Å². The van der Waals surface area contributed by atoms with E-state index >= 15 is 0 Å². The molecule has 2 heterocycles. The highest BCUT2D eigenvalue weighted by molar-refractivity contribution is 6.04. The molecule has 30 heavy (non-hydrogen) atoms. The van der Waals surface area contributed by atoms with Crippen LogP contribution in [0.2, 0.25) is 0 Å². The number of carbonyl (C=O) groups excluding carboxylic acids is 1. The molecule has 8 heteroatoms. The van der Waals surface area contributed by atoms with Crippen LogP contribution in [0.1, 0.15) is 30.9 Å². The van der Waals surface area contributed by atoms with E-state index in [0.717, 1.165) is 23.2 Å². The lowest BCUT2D eigenvalue weighted by atomic mass is 9.99. The molecule has 0 unspecified atom stereocenters. The van der Waals surface area contributed by atoms with Crippen LogP contribution in [0.3, 0.4) is 0 Å². The van der Waals surface area contributed by atoms with E-state index in [1.54, 1.807) is 0 Å². The van der Waals surface area contributed by atoms with Gasteiger partial charge in [0.2, 0.25) is 5.95 Å². The SMILES string of the molecule is CCn1c(NC(=O)C=C2CCCOc3cc(C(F)(F)F)ccc32)nc2ccccc21. The Morgan fingerprint density at radius 2 is 2.07 bits per heavy atom. The van der Waals surface area contributed by atoms with Gasteiger partial charge in [0.1, 0.15) is 5.75 Å². The standard InChI is InChI=1S/C22H20F3N3O2/c1-2-28-18-8-4-3-7-17(18)26-21(28)27-20(29)12-14-6-5-11-30-19-13-15(22(23,24)25)9-10-16(14)19/h3-4,7-10,12-13H,2,5-6,11H2,1H3,(H,26,27,29). The van der Waals surface area contributed by atoms with Gasteiger partial charge in [-0.25, -0.2) is 4.98 Å². The maximum absolute atomic E-state index is 13.0. The van der Waals surface area contributed by atoms with Crippen molar-refractivity contribution in [3.05, 3.63) is 59.7 Å². The summed E-state index contributed by atoms with van der Waals surface area (Å²) in [5.74, 6) is 0.183. The molecule has 5 nitrogen and oxygen atoms in total. The lowest BCUT2D eigenvalue weighted by Gasteiger charge is -2.13. The molecule has 156 valence electrons. The minimum Gasteiger partial charge on any atom is -0.493 e. The molecule has 1 amide bonds. The second-order valence-electron chi connectivity index (χ2n) is 6.99. The predicted molar refractivity (Wildman–Crippen MR) is 108 cm³/mol. The molecule has 3 aromatic rings. The van der Waals surface area contributed by atoms with Crippen molar-refractivity contribution in [1.82, 2.24) is 9.55 Å². The summed E-state index contributed by atoms with van der Waals surface area (Å²) in [5.41, 5.74) is 2.04. The first kappa shape index (κ1) is 20.0. The number of hydrogen-bond donors (Lipinski definition) is 1. The largest absolute Gasteiger partial charge is 0.493 e. The highest BCUT2D eigenvalue weighted by atomic mass is 19.4. The van der Waals surface area contributed by atoms with Gasteiger partial charge in [-0.3, -0.25) is 10.1 Å². The Bertz CT molecular complexity index is 1130. The Morgan fingerprint density at radius 3 is 2.83 bits per heavy atom. The number of amides is 1. The number of benzene rings is 2. The van der Waals surface area contributed by atoms with Crippen LogP contribution in [0.25, 0.3) is 16.6 Å². The molecule has 1 aliphatic heterocycles. The second kappa shape index (κ2) is 7.85. The molecule has 0 saturated heterocycles. The third-order valence-corrected chi connectivity index (χ3v) is 5.01. The number of nitrogens with zero attached hydrogens (tertiary/aromatic N) is 2. The minimum absolute atomic E-state index is 0.141. The van der Waals surface area contributed by atoms with Crippen LogP contribution in [0.5, 0.6) is 5.75 Å². The Kier molecular flexibility index (Phi) is 5.24. The summed E-state index contributed by atoms with van der Waals surface area (Å²) in [6.45, 7) is 2.88. The van der Waals surface area contributed by atoms with Gasteiger partial charge in [-0.05, 0) is 49.6 Å². The molecule has 1 aromatic heterocycles. The number of alkyl halides is 3. The Labute approximate surface area is 171 Å². The van der Waals surface area contributed by atoms with Crippen molar-refractivity contribution in [2.24, 2.45) is 0 Å². The zero-order valence-electron chi connectivity index (χ0n) is 16.3. The molecule has 0 saturated carbocycles. The molecule has 1 N–H and O–H groups in total. The number of hydrogen-bond acceptors (Lipinski definition) is 3. The summed E-state index contributed by atoms with van der Waals surface area (Å²) < 4.78 is 46.5. The monoisotopic (exact) mass is 415 g/mol.